The summed E-state index contributed by atoms with van der Waals surface area (Å²) in [6, 6.07) is 4.70. The molecule has 0 saturated carbocycles. The molecule has 5 heteroatoms. The zero-order valence-corrected chi connectivity index (χ0v) is 14.0. The number of piperidine rings is 1. The van der Waals surface area contributed by atoms with Crippen molar-refractivity contribution in [3.63, 3.8) is 0 Å². The van der Waals surface area contributed by atoms with E-state index in [-0.39, 0.29) is 5.82 Å². The van der Waals surface area contributed by atoms with Crippen molar-refractivity contribution in [1.82, 2.24) is 10.1 Å². The molecule has 0 unspecified atom stereocenters. The molecule has 1 saturated heterocycles. The number of nitrogens with zero attached hydrogens (tertiary/aromatic N) is 2. The summed E-state index contributed by atoms with van der Waals surface area (Å²) in [5, 5.41) is 6.38. The van der Waals surface area contributed by atoms with E-state index in [9.17, 15) is 4.39 Å². The Kier molecular flexibility index (Phi) is 4.97. The third-order valence-electron chi connectivity index (χ3n) is 4.32. The predicted molar refractivity (Wildman–Crippen MR) is 82.2 cm³/mol. The first kappa shape index (κ1) is 15.1. The van der Waals surface area contributed by atoms with Gasteiger partial charge in [0.2, 0.25) is 0 Å². The van der Waals surface area contributed by atoms with Crippen molar-refractivity contribution >= 4 is 27.8 Å². The molecule has 1 aliphatic rings. The summed E-state index contributed by atoms with van der Waals surface area (Å²) >= 11 is 2.65. The summed E-state index contributed by atoms with van der Waals surface area (Å²) in [4.78, 5) is 2.54. The van der Waals surface area contributed by atoms with E-state index in [0.717, 1.165) is 37.0 Å². The molecular formula is C16H20AsFN2O. The first-order valence-corrected chi connectivity index (χ1v) is 8.98. The van der Waals surface area contributed by atoms with Gasteiger partial charge in [0, 0.05) is 0 Å². The van der Waals surface area contributed by atoms with Crippen molar-refractivity contribution < 1.29 is 8.91 Å². The summed E-state index contributed by atoms with van der Waals surface area (Å²) in [6.07, 6.45) is 4.80. The van der Waals surface area contributed by atoms with Gasteiger partial charge in [-0.1, -0.05) is 0 Å². The summed E-state index contributed by atoms with van der Waals surface area (Å²) in [5.41, 5.74) is 1.57. The van der Waals surface area contributed by atoms with Gasteiger partial charge in [0.25, 0.3) is 0 Å². The van der Waals surface area contributed by atoms with Crippen molar-refractivity contribution in [3.05, 3.63) is 29.7 Å². The number of likely N-dealkylation sites (tertiary alicyclic amines) is 1. The fraction of sp³-hybridized carbons (Fsp3) is 0.562. The summed E-state index contributed by atoms with van der Waals surface area (Å²) < 4.78 is 18.5. The average Bonchev–Trinajstić information content (AvgIpc) is 2.91. The predicted octanol–water partition coefficient (Wildman–Crippen LogP) is 3.51. The number of fused-ring (bicyclic) bond motifs is 1. The number of hydrogen-bond donors (Lipinski definition) is 0. The third-order valence-corrected chi connectivity index (χ3v) is 4.98. The fourth-order valence-electron chi connectivity index (χ4n) is 3.10. The van der Waals surface area contributed by atoms with Gasteiger partial charge in [0.15, 0.2) is 0 Å². The summed E-state index contributed by atoms with van der Waals surface area (Å²) in [7, 11) is 0. The van der Waals surface area contributed by atoms with Gasteiger partial charge in [-0.15, -0.1) is 0 Å². The topological polar surface area (TPSA) is 29.3 Å². The van der Waals surface area contributed by atoms with Crippen LogP contribution in [0.1, 0.15) is 37.3 Å². The van der Waals surface area contributed by atoms with Gasteiger partial charge in [0.05, 0.1) is 0 Å². The van der Waals surface area contributed by atoms with Crippen LogP contribution in [-0.4, -0.2) is 46.5 Å². The fourth-order valence-corrected chi connectivity index (χ4v) is 3.57. The van der Waals surface area contributed by atoms with E-state index >= 15 is 0 Å². The van der Waals surface area contributed by atoms with Gasteiger partial charge in [-0.05, 0) is 0 Å². The minimum atomic E-state index is -0.269. The van der Waals surface area contributed by atoms with Crippen molar-refractivity contribution in [3.8, 4) is 0 Å². The van der Waals surface area contributed by atoms with Crippen LogP contribution in [0.3, 0.4) is 0 Å². The number of rotatable bonds is 5. The van der Waals surface area contributed by atoms with Gasteiger partial charge in [-0.3, -0.25) is 0 Å². The zero-order chi connectivity index (χ0) is 14.7. The van der Waals surface area contributed by atoms with Gasteiger partial charge in [-0.25, -0.2) is 4.39 Å². The first-order chi connectivity index (χ1) is 10.3. The quantitative estimate of drug-likeness (QED) is 0.610. The summed E-state index contributed by atoms with van der Waals surface area (Å²) in [5.74, 6) is 0.172. The SMILES string of the molecule is Fc1ccc2c(C3CCN(CCCC[As])CC3)noc2c1. The normalized spacial score (nSPS) is 17.6. The molecule has 3 rings (SSSR count). The molecule has 0 bridgehead atoms. The van der Waals surface area contributed by atoms with Crippen molar-refractivity contribution in [1.29, 1.82) is 0 Å². The van der Waals surface area contributed by atoms with Crippen LogP contribution in [0, 0.1) is 5.82 Å². The van der Waals surface area contributed by atoms with Crippen LogP contribution in [0.4, 0.5) is 4.39 Å². The van der Waals surface area contributed by atoms with E-state index in [1.54, 1.807) is 6.07 Å². The maximum atomic E-state index is 13.2. The second-order valence-corrected chi connectivity index (χ2v) is 6.69. The molecule has 112 valence electrons. The van der Waals surface area contributed by atoms with E-state index in [1.165, 1.54) is 36.7 Å². The molecule has 0 spiro atoms. The van der Waals surface area contributed by atoms with Crippen LogP contribution < -0.4 is 0 Å². The number of aromatic nitrogens is 1. The van der Waals surface area contributed by atoms with E-state index in [0.29, 0.717) is 11.5 Å². The molecule has 3 nitrogen and oxygen atoms in total. The maximum absolute atomic E-state index is 13.2. The first-order valence-electron chi connectivity index (χ1n) is 7.66. The van der Waals surface area contributed by atoms with E-state index in [4.69, 9.17) is 4.52 Å². The molecule has 21 heavy (non-hydrogen) atoms. The van der Waals surface area contributed by atoms with E-state index < -0.39 is 0 Å². The Balaban J connectivity index is 1.63. The molecule has 0 atom stereocenters. The van der Waals surface area contributed by atoms with Crippen LogP contribution in [0.25, 0.3) is 11.0 Å². The van der Waals surface area contributed by atoms with E-state index in [1.807, 2.05) is 0 Å². The molecule has 2 aromatic rings. The molecule has 1 aliphatic heterocycles. The van der Waals surface area contributed by atoms with Crippen LogP contribution in [0.15, 0.2) is 22.7 Å². The standard InChI is InChI=1S/C16H20AsFN2O/c17-7-1-2-8-20-9-5-12(6-10-20)16-14-4-3-13(18)11-15(14)21-19-16/h3-4,11-12H,1-2,5-10H2. The van der Waals surface area contributed by atoms with Crippen molar-refractivity contribution in [2.45, 2.75) is 36.8 Å². The second-order valence-electron chi connectivity index (χ2n) is 5.75. The molecule has 0 N–H and O–H groups in total. The van der Waals surface area contributed by atoms with Gasteiger partial charge in [-0.2, -0.15) is 0 Å². The molecule has 0 aliphatic carbocycles. The molecule has 1 aromatic carbocycles. The molecule has 1 fully saturated rings. The molecule has 2 radical (unpaired) electrons. The Morgan fingerprint density at radius 1 is 1.29 bits per heavy atom. The number of unbranched alkanes of at least 4 members (excludes halogenated alkanes) is 1. The Labute approximate surface area is 133 Å². The second kappa shape index (κ2) is 6.93. The Hall–Kier alpha value is -0.862. The van der Waals surface area contributed by atoms with Gasteiger partial charge in [0.1, 0.15) is 5.82 Å². The number of halogens is 1. The Bertz CT molecular complexity index is 593. The minimum absolute atomic E-state index is 0.269. The third kappa shape index (κ3) is 3.49. The van der Waals surface area contributed by atoms with Crippen molar-refractivity contribution in [2.75, 3.05) is 19.6 Å². The Morgan fingerprint density at radius 3 is 2.86 bits per heavy atom. The van der Waals surface area contributed by atoms with Gasteiger partial charge >= 0.3 is 123 Å². The van der Waals surface area contributed by atoms with Crippen LogP contribution in [0.2, 0.25) is 5.21 Å². The average molecular weight is 350 g/mol. The van der Waals surface area contributed by atoms with Crippen molar-refractivity contribution in [2.24, 2.45) is 0 Å². The number of hydrogen-bond acceptors (Lipinski definition) is 3. The van der Waals surface area contributed by atoms with E-state index in [2.05, 4.69) is 26.9 Å². The molecule has 0 amide bonds. The Morgan fingerprint density at radius 2 is 2.10 bits per heavy atom. The monoisotopic (exact) mass is 350 g/mol. The van der Waals surface area contributed by atoms with Crippen LogP contribution in [-0.2, 0) is 0 Å². The molecule has 2 heterocycles. The molecular weight excluding hydrogens is 330 g/mol. The number of benzene rings is 1. The van der Waals surface area contributed by atoms with Crippen LogP contribution >= 0.6 is 0 Å². The zero-order valence-electron chi connectivity index (χ0n) is 12.1. The summed E-state index contributed by atoms with van der Waals surface area (Å²) in [6.45, 7) is 3.45. The van der Waals surface area contributed by atoms with Gasteiger partial charge < -0.3 is 0 Å². The molecule has 1 aromatic heterocycles. The van der Waals surface area contributed by atoms with Crippen LogP contribution in [0.5, 0.6) is 0 Å².